The van der Waals surface area contributed by atoms with Gasteiger partial charge in [0.25, 0.3) is 0 Å². The van der Waals surface area contributed by atoms with Gasteiger partial charge in [0.15, 0.2) is 0 Å². The fourth-order valence-electron chi connectivity index (χ4n) is 1.79. The lowest BCUT2D eigenvalue weighted by Crippen LogP contribution is -2.32. The standard InChI is InChI=1S/C15H24BrNO3/c16-13-6-5-7-15(10-13)20-12-14(19)11-17-8-3-1-2-4-9-18/h5-7,10,14,17-19H,1-4,8-9,11-12H2. The molecule has 1 atom stereocenters. The first kappa shape index (κ1) is 17.4. The molecule has 1 unspecified atom stereocenters. The average Bonchev–Trinajstić information content (AvgIpc) is 2.44. The highest BCUT2D eigenvalue weighted by atomic mass is 79.9. The molecule has 4 nitrogen and oxygen atoms in total. The number of benzene rings is 1. The minimum atomic E-state index is -0.508. The number of nitrogens with one attached hydrogen (secondary N) is 1. The smallest absolute Gasteiger partial charge is 0.120 e. The van der Waals surface area contributed by atoms with Gasteiger partial charge in [0.1, 0.15) is 18.5 Å². The van der Waals surface area contributed by atoms with Crippen molar-refractivity contribution in [3.8, 4) is 5.75 Å². The molecule has 0 aliphatic carbocycles. The Morgan fingerprint density at radius 2 is 2.00 bits per heavy atom. The second-order valence-corrected chi connectivity index (χ2v) is 5.68. The number of rotatable bonds is 11. The zero-order valence-electron chi connectivity index (χ0n) is 11.7. The first-order valence-corrected chi connectivity index (χ1v) is 7.89. The molecule has 0 amide bonds. The SMILES string of the molecule is OCCCCCCNCC(O)COc1cccc(Br)c1. The van der Waals surface area contributed by atoms with E-state index in [9.17, 15) is 5.11 Å². The van der Waals surface area contributed by atoms with Crippen LogP contribution in [0.1, 0.15) is 25.7 Å². The molecule has 0 aromatic heterocycles. The molecule has 1 aromatic rings. The van der Waals surface area contributed by atoms with Crippen LogP contribution in [0, 0.1) is 0 Å². The topological polar surface area (TPSA) is 61.7 Å². The Labute approximate surface area is 129 Å². The summed E-state index contributed by atoms with van der Waals surface area (Å²) >= 11 is 3.38. The van der Waals surface area contributed by atoms with Crippen LogP contribution in [0.3, 0.4) is 0 Å². The van der Waals surface area contributed by atoms with Gasteiger partial charge in [-0.3, -0.25) is 0 Å². The Morgan fingerprint density at radius 3 is 2.75 bits per heavy atom. The molecule has 0 aliphatic rings. The van der Waals surface area contributed by atoms with E-state index in [4.69, 9.17) is 9.84 Å². The summed E-state index contributed by atoms with van der Waals surface area (Å²) in [4.78, 5) is 0. The molecule has 0 radical (unpaired) electrons. The van der Waals surface area contributed by atoms with Crippen molar-refractivity contribution in [2.45, 2.75) is 31.8 Å². The molecule has 5 heteroatoms. The van der Waals surface area contributed by atoms with E-state index < -0.39 is 6.10 Å². The van der Waals surface area contributed by atoms with Crippen LogP contribution in [0.15, 0.2) is 28.7 Å². The summed E-state index contributed by atoms with van der Waals surface area (Å²) in [7, 11) is 0. The van der Waals surface area contributed by atoms with Gasteiger partial charge in [-0.2, -0.15) is 0 Å². The summed E-state index contributed by atoms with van der Waals surface area (Å²) in [6.45, 7) is 1.99. The van der Waals surface area contributed by atoms with E-state index in [1.807, 2.05) is 24.3 Å². The van der Waals surface area contributed by atoms with E-state index >= 15 is 0 Å². The molecule has 0 aliphatic heterocycles. The van der Waals surface area contributed by atoms with Crippen molar-refractivity contribution in [2.24, 2.45) is 0 Å². The monoisotopic (exact) mass is 345 g/mol. The number of ether oxygens (including phenoxy) is 1. The maximum absolute atomic E-state index is 9.79. The number of halogens is 1. The largest absolute Gasteiger partial charge is 0.491 e. The van der Waals surface area contributed by atoms with Crippen LogP contribution in [-0.4, -0.2) is 42.6 Å². The average molecular weight is 346 g/mol. The minimum Gasteiger partial charge on any atom is -0.491 e. The molecule has 0 saturated heterocycles. The van der Waals surface area contributed by atoms with Gasteiger partial charge in [-0.05, 0) is 37.6 Å². The van der Waals surface area contributed by atoms with Crippen LogP contribution < -0.4 is 10.1 Å². The van der Waals surface area contributed by atoms with Crippen LogP contribution in [0.4, 0.5) is 0 Å². The normalized spacial score (nSPS) is 12.3. The van der Waals surface area contributed by atoms with Gasteiger partial charge >= 0.3 is 0 Å². The maximum Gasteiger partial charge on any atom is 0.120 e. The van der Waals surface area contributed by atoms with Crippen molar-refractivity contribution < 1.29 is 14.9 Å². The summed E-state index contributed by atoms with van der Waals surface area (Å²) in [6, 6.07) is 7.57. The lowest BCUT2D eigenvalue weighted by atomic mass is 10.2. The highest BCUT2D eigenvalue weighted by Crippen LogP contribution is 2.17. The Morgan fingerprint density at radius 1 is 1.20 bits per heavy atom. The highest BCUT2D eigenvalue weighted by molar-refractivity contribution is 9.10. The first-order valence-electron chi connectivity index (χ1n) is 7.10. The summed E-state index contributed by atoms with van der Waals surface area (Å²) in [5.74, 6) is 0.752. The fraction of sp³-hybridized carbons (Fsp3) is 0.600. The van der Waals surface area contributed by atoms with E-state index in [2.05, 4.69) is 21.2 Å². The maximum atomic E-state index is 9.79. The van der Waals surface area contributed by atoms with Gasteiger partial charge in [-0.15, -0.1) is 0 Å². The zero-order chi connectivity index (χ0) is 14.6. The van der Waals surface area contributed by atoms with E-state index in [0.29, 0.717) is 6.54 Å². The first-order chi connectivity index (χ1) is 9.72. The number of aliphatic hydroxyl groups excluding tert-OH is 2. The third-order valence-electron chi connectivity index (χ3n) is 2.88. The van der Waals surface area contributed by atoms with Crippen LogP contribution in [0.25, 0.3) is 0 Å². The van der Waals surface area contributed by atoms with Crippen LogP contribution in [0.5, 0.6) is 5.75 Å². The Balaban J connectivity index is 2.01. The summed E-state index contributed by atoms with van der Waals surface area (Å²) in [5.41, 5.74) is 0. The van der Waals surface area contributed by atoms with Gasteiger partial charge in [0.05, 0.1) is 0 Å². The predicted molar refractivity (Wildman–Crippen MR) is 84.1 cm³/mol. The van der Waals surface area contributed by atoms with Crippen molar-refractivity contribution >= 4 is 15.9 Å². The van der Waals surface area contributed by atoms with E-state index in [-0.39, 0.29) is 13.2 Å². The van der Waals surface area contributed by atoms with Crippen LogP contribution in [-0.2, 0) is 0 Å². The third kappa shape index (κ3) is 8.53. The summed E-state index contributed by atoms with van der Waals surface area (Å²) in [5, 5.41) is 21.6. The van der Waals surface area contributed by atoms with Gasteiger partial charge in [0, 0.05) is 17.6 Å². The predicted octanol–water partition coefficient (Wildman–Crippen LogP) is 2.33. The highest BCUT2D eigenvalue weighted by Gasteiger charge is 2.04. The molecule has 0 fully saturated rings. The van der Waals surface area contributed by atoms with Crippen molar-refractivity contribution in [1.29, 1.82) is 0 Å². The number of hydrogen-bond donors (Lipinski definition) is 3. The van der Waals surface area contributed by atoms with Gasteiger partial charge in [-0.25, -0.2) is 0 Å². The van der Waals surface area contributed by atoms with Crippen molar-refractivity contribution in [3.63, 3.8) is 0 Å². The molecule has 3 N–H and O–H groups in total. The minimum absolute atomic E-state index is 0.277. The molecule has 0 spiro atoms. The van der Waals surface area contributed by atoms with Crippen LogP contribution >= 0.6 is 15.9 Å². The molecule has 20 heavy (non-hydrogen) atoms. The molecule has 0 saturated carbocycles. The lowest BCUT2D eigenvalue weighted by Gasteiger charge is -2.13. The quantitative estimate of drug-likeness (QED) is 0.538. The molecule has 0 bridgehead atoms. The number of unbranched alkanes of at least 4 members (excludes halogenated alkanes) is 3. The van der Waals surface area contributed by atoms with Crippen molar-refractivity contribution in [3.05, 3.63) is 28.7 Å². The molecular weight excluding hydrogens is 322 g/mol. The van der Waals surface area contributed by atoms with Gasteiger partial charge in [0.2, 0.25) is 0 Å². The van der Waals surface area contributed by atoms with Crippen molar-refractivity contribution in [2.75, 3.05) is 26.3 Å². The Hall–Kier alpha value is -0.620. The molecule has 0 heterocycles. The van der Waals surface area contributed by atoms with E-state index in [1.165, 1.54) is 0 Å². The second kappa shape index (κ2) is 11.1. The molecular formula is C15H24BrNO3. The Bertz CT molecular complexity index is 363. The number of aliphatic hydroxyl groups is 2. The third-order valence-corrected chi connectivity index (χ3v) is 3.37. The fourth-order valence-corrected chi connectivity index (χ4v) is 2.17. The molecule has 1 aromatic carbocycles. The molecule has 1 rings (SSSR count). The second-order valence-electron chi connectivity index (χ2n) is 4.76. The summed E-state index contributed by atoms with van der Waals surface area (Å²) < 4.78 is 6.47. The lowest BCUT2D eigenvalue weighted by molar-refractivity contribution is 0.106. The van der Waals surface area contributed by atoms with Crippen LogP contribution in [0.2, 0.25) is 0 Å². The zero-order valence-corrected chi connectivity index (χ0v) is 13.3. The van der Waals surface area contributed by atoms with Gasteiger partial charge < -0.3 is 20.3 Å². The van der Waals surface area contributed by atoms with E-state index in [0.717, 1.165) is 42.5 Å². The summed E-state index contributed by atoms with van der Waals surface area (Å²) in [6.07, 6.45) is 3.61. The molecule has 114 valence electrons. The van der Waals surface area contributed by atoms with E-state index in [1.54, 1.807) is 0 Å². The number of hydrogen-bond acceptors (Lipinski definition) is 4. The Kier molecular flexibility index (Phi) is 9.66. The van der Waals surface area contributed by atoms with Crippen molar-refractivity contribution in [1.82, 2.24) is 5.32 Å². The van der Waals surface area contributed by atoms with Gasteiger partial charge in [-0.1, -0.05) is 34.8 Å².